The van der Waals surface area contributed by atoms with Crippen molar-refractivity contribution in [3.05, 3.63) is 94.5 Å². The van der Waals surface area contributed by atoms with Crippen molar-refractivity contribution in [1.29, 1.82) is 0 Å². The van der Waals surface area contributed by atoms with E-state index >= 15 is 0 Å². The molecule has 3 aromatic rings. The van der Waals surface area contributed by atoms with Crippen molar-refractivity contribution >= 4 is 23.5 Å². The van der Waals surface area contributed by atoms with Gasteiger partial charge in [0.25, 0.3) is 0 Å². The molecule has 0 bridgehead atoms. The summed E-state index contributed by atoms with van der Waals surface area (Å²) < 4.78 is 54.2. The molecule has 0 atom stereocenters. The maximum Gasteiger partial charge on any atom is 0.416 e. The van der Waals surface area contributed by atoms with Crippen LogP contribution in [0, 0.1) is 0 Å². The number of benzene rings is 3. The van der Waals surface area contributed by atoms with E-state index in [9.17, 15) is 17.6 Å². The van der Waals surface area contributed by atoms with Crippen LogP contribution in [0.1, 0.15) is 16.7 Å². The maximum absolute atomic E-state index is 14.9. The van der Waals surface area contributed by atoms with Gasteiger partial charge in [-0.3, -0.25) is 0 Å². The van der Waals surface area contributed by atoms with Crippen LogP contribution in [0.4, 0.5) is 17.6 Å². The zero-order valence-corrected chi connectivity index (χ0v) is 14.2. The van der Waals surface area contributed by atoms with Crippen molar-refractivity contribution in [2.24, 2.45) is 0 Å². The molecule has 0 aromatic heterocycles. The van der Waals surface area contributed by atoms with Crippen LogP contribution in [0.25, 0.3) is 23.0 Å². The van der Waals surface area contributed by atoms with Gasteiger partial charge in [-0.2, -0.15) is 13.2 Å². The Hall–Kier alpha value is -2.59. The third kappa shape index (κ3) is 3.97. The van der Waals surface area contributed by atoms with Crippen molar-refractivity contribution < 1.29 is 17.6 Å². The van der Waals surface area contributed by atoms with Crippen molar-refractivity contribution in [1.82, 2.24) is 0 Å². The van der Waals surface area contributed by atoms with Gasteiger partial charge in [-0.15, -0.1) is 0 Å². The minimum absolute atomic E-state index is 0.215. The molecule has 0 nitrogen and oxygen atoms in total. The Morgan fingerprint density at radius 2 is 1.42 bits per heavy atom. The van der Waals surface area contributed by atoms with E-state index in [1.165, 1.54) is 24.3 Å². The molecular formula is C21H13ClF4. The van der Waals surface area contributed by atoms with Crippen LogP contribution >= 0.6 is 11.6 Å². The maximum atomic E-state index is 14.9. The number of hydrogen-bond acceptors (Lipinski definition) is 0. The summed E-state index contributed by atoms with van der Waals surface area (Å²) in [6.07, 6.45) is -3.64. The van der Waals surface area contributed by atoms with Crippen LogP contribution < -0.4 is 0 Å². The van der Waals surface area contributed by atoms with Gasteiger partial charge >= 0.3 is 6.18 Å². The predicted octanol–water partition coefficient (Wildman–Crippen LogP) is 7.49. The summed E-state index contributed by atoms with van der Waals surface area (Å²) in [6, 6.07) is 18.3. The summed E-state index contributed by atoms with van der Waals surface area (Å²) >= 11 is 5.88. The lowest BCUT2D eigenvalue weighted by atomic mass is 9.97. The largest absolute Gasteiger partial charge is 0.416 e. The number of halogens is 5. The van der Waals surface area contributed by atoms with Crippen LogP contribution in [0.2, 0.25) is 5.02 Å². The standard InChI is InChI=1S/C21H13ClF4/c22-16-11-9-14(10-12-16)17-6-2-3-7-18(17)20(23)13-15-5-1-4-8-19(15)21(24,25)26/h1-13H. The zero-order valence-electron chi connectivity index (χ0n) is 13.4. The van der Waals surface area contributed by atoms with Gasteiger partial charge in [0.2, 0.25) is 0 Å². The molecule has 3 rings (SSSR count). The van der Waals surface area contributed by atoms with Crippen LogP contribution in [0.3, 0.4) is 0 Å². The van der Waals surface area contributed by atoms with E-state index in [0.717, 1.165) is 17.7 Å². The highest BCUT2D eigenvalue weighted by molar-refractivity contribution is 6.30. The molecule has 0 heterocycles. The third-order valence-electron chi connectivity index (χ3n) is 3.89. The molecule has 0 fully saturated rings. The van der Waals surface area contributed by atoms with Gasteiger partial charge in [0.05, 0.1) is 5.56 Å². The van der Waals surface area contributed by atoms with Gasteiger partial charge in [-0.1, -0.05) is 66.2 Å². The quantitative estimate of drug-likeness (QED) is 0.328. The van der Waals surface area contributed by atoms with Crippen molar-refractivity contribution in [2.45, 2.75) is 6.18 Å². The first kappa shape index (κ1) is 18.2. The van der Waals surface area contributed by atoms with Crippen molar-refractivity contribution in [2.75, 3.05) is 0 Å². The molecule has 0 N–H and O–H groups in total. The van der Waals surface area contributed by atoms with E-state index in [4.69, 9.17) is 11.6 Å². The lowest BCUT2D eigenvalue weighted by Crippen LogP contribution is -2.06. The van der Waals surface area contributed by atoms with Crippen molar-refractivity contribution in [3.63, 3.8) is 0 Å². The first-order valence-electron chi connectivity index (χ1n) is 7.75. The Morgan fingerprint density at radius 3 is 2.12 bits per heavy atom. The van der Waals surface area contributed by atoms with E-state index in [-0.39, 0.29) is 11.1 Å². The minimum atomic E-state index is -4.55. The average molecular weight is 377 g/mol. The Morgan fingerprint density at radius 1 is 0.808 bits per heavy atom. The second-order valence-corrected chi connectivity index (χ2v) is 6.07. The molecule has 0 aliphatic heterocycles. The fraction of sp³-hybridized carbons (Fsp3) is 0.0476. The first-order valence-corrected chi connectivity index (χ1v) is 8.13. The Balaban J connectivity index is 2.09. The van der Waals surface area contributed by atoms with Gasteiger partial charge in [0.15, 0.2) is 0 Å². The molecule has 0 radical (unpaired) electrons. The smallest absolute Gasteiger partial charge is 0.206 e. The summed E-state index contributed by atoms with van der Waals surface area (Å²) in [6.45, 7) is 0. The van der Waals surface area contributed by atoms with Crippen LogP contribution in [0.15, 0.2) is 72.8 Å². The molecule has 0 saturated carbocycles. The number of rotatable bonds is 3. The second kappa shape index (κ2) is 7.34. The molecule has 5 heteroatoms. The molecule has 3 aromatic carbocycles. The molecule has 0 unspecified atom stereocenters. The SMILES string of the molecule is FC(=Cc1ccccc1C(F)(F)F)c1ccccc1-c1ccc(Cl)cc1. The van der Waals surface area contributed by atoms with E-state index < -0.39 is 17.6 Å². The molecule has 0 amide bonds. The van der Waals surface area contributed by atoms with Crippen LogP contribution in [-0.2, 0) is 6.18 Å². The molecular weight excluding hydrogens is 364 g/mol. The van der Waals surface area contributed by atoms with Gasteiger partial charge in [0, 0.05) is 10.6 Å². The lowest BCUT2D eigenvalue weighted by molar-refractivity contribution is -0.137. The van der Waals surface area contributed by atoms with Crippen molar-refractivity contribution in [3.8, 4) is 11.1 Å². The first-order chi connectivity index (χ1) is 12.4. The molecule has 0 spiro atoms. The molecule has 26 heavy (non-hydrogen) atoms. The monoisotopic (exact) mass is 376 g/mol. The van der Waals surface area contributed by atoms with Crippen LogP contribution in [0.5, 0.6) is 0 Å². The zero-order chi connectivity index (χ0) is 18.7. The summed E-state index contributed by atoms with van der Waals surface area (Å²) in [7, 11) is 0. The average Bonchev–Trinajstić information content (AvgIpc) is 2.62. The minimum Gasteiger partial charge on any atom is -0.206 e. The van der Waals surface area contributed by atoms with E-state index in [1.807, 2.05) is 0 Å². The van der Waals surface area contributed by atoms with E-state index in [2.05, 4.69) is 0 Å². The van der Waals surface area contributed by atoms with Gasteiger partial charge in [-0.25, -0.2) is 4.39 Å². The van der Waals surface area contributed by atoms with Crippen LogP contribution in [-0.4, -0.2) is 0 Å². The molecule has 0 saturated heterocycles. The normalized spacial score (nSPS) is 12.3. The third-order valence-corrected chi connectivity index (χ3v) is 4.14. The van der Waals surface area contributed by atoms with Gasteiger partial charge < -0.3 is 0 Å². The molecule has 0 aliphatic carbocycles. The Kier molecular flexibility index (Phi) is 5.14. The fourth-order valence-electron chi connectivity index (χ4n) is 2.67. The summed E-state index contributed by atoms with van der Waals surface area (Å²) in [4.78, 5) is 0. The topological polar surface area (TPSA) is 0 Å². The highest BCUT2D eigenvalue weighted by atomic mass is 35.5. The highest BCUT2D eigenvalue weighted by Gasteiger charge is 2.32. The molecule has 132 valence electrons. The fourth-order valence-corrected chi connectivity index (χ4v) is 2.79. The predicted molar refractivity (Wildman–Crippen MR) is 97.3 cm³/mol. The highest BCUT2D eigenvalue weighted by Crippen LogP contribution is 2.36. The summed E-state index contributed by atoms with van der Waals surface area (Å²) in [5.74, 6) is -0.743. The Labute approximate surface area is 153 Å². The number of alkyl halides is 3. The Bertz CT molecular complexity index is 941. The summed E-state index contributed by atoms with van der Waals surface area (Å²) in [5, 5.41) is 0.543. The second-order valence-electron chi connectivity index (χ2n) is 5.63. The van der Waals surface area contributed by atoms with Gasteiger partial charge in [0.1, 0.15) is 5.83 Å². The molecule has 0 aliphatic rings. The summed E-state index contributed by atoms with van der Waals surface area (Å²) in [5.41, 5.74) is 0.411. The lowest BCUT2D eigenvalue weighted by Gasteiger charge is -2.11. The number of hydrogen-bond donors (Lipinski definition) is 0. The van der Waals surface area contributed by atoms with Gasteiger partial charge in [-0.05, 0) is 41.0 Å². The van der Waals surface area contributed by atoms with E-state index in [1.54, 1.807) is 42.5 Å². The van der Waals surface area contributed by atoms with E-state index in [0.29, 0.717) is 10.6 Å².